The lowest BCUT2D eigenvalue weighted by atomic mass is 9.95. The number of carbonyl (C=O) groups is 2. The molecule has 1 fully saturated rings. The van der Waals surface area contributed by atoms with Gasteiger partial charge in [-0.3, -0.25) is 9.59 Å². The predicted molar refractivity (Wildman–Crippen MR) is 143 cm³/mol. The van der Waals surface area contributed by atoms with Crippen molar-refractivity contribution in [2.45, 2.75) is 32.2 Å². The number of aliphatic hydroxyl groups is 1. The summed E-state index contributed by atoms with van der Waals surface area (Å²) in [5.74, 6) is 0.202. The van der Waals surface area contributed by atoms with Crippen molar-refractivity contribution in [3.63, 3.8) is 0 Å². The van der Waals surface area contributed by atoms with Crippen molar-refractivity contribution in [1.29, 1.82) is 0 Å². The Labute approximate surface area is 222 Å². The number of nitrogens with zero attached hydrogens (tertiary/aromatic N) is 1. The van der Waals surface area contributed by atoms with Crippen molar-refractivity contribution < 1.29 is 28.9 Å². The molecule has 2 aliphatic rings. The van der Waals surface area contributed by atoms with Crippen LogP contribution in [0.25, 0.3) is 5.76 Å². The van der Waals surface area contributed by atoms with E-state index in [1.807, 2.05) is 54.6 Å². The van der Waals surface area contributed by atoms with E-state index in [9.17, 15) is 14.7 Å². The van der Waals surface area contributed by atoms with Crippen LogP contribution in [0.2, 0.25) is 0 Å². The minimum Gasteiger partial charge on any atom is -0.507 e. The average Bonchev–Trinajstić information content (AvgIpc) is 3.21. The molecule has 7 heteroatoms. The monoisotopic (exact) mass is 513 g/mol. The van der Waals surface area contributed by atoms with Crippen LogP contribution in [0, 0.1) is 0 Å². The molecule has 38 heavy (non-hydrogen) atoms. The zero-order valence-corrected chi connectivity index (χ0v) is 21.4. The number of ketones is 1. The van der Waals surface area contributed by atoms with Gasteiger partial charge in [0.15, 0.2) is 11.5 Å². The molecule has 0 bridgehead atoms. The molecular weight excluding hydrogens is 482 g/mol. The molecule has 1 amide bonds. The van der Waals surface area contributed by atoms with Crippen LogP contribution >= 0.6 is 0 Å². The first-order chi connectivity index (χ1) is 18.6. The number of likely N-dealkylation sites (tertiary alicyclic amines) is 1. The zero-order chi connectivity index (χ0) is 26.5. The van der Waals surface area contributed by atoms with Crippen LogP contribution < -0.4 is 14.2 Å². The molecule has 0 aliphatic carbocycles. The van der Waals surface area contributed by atoms with E-state index in [0.717, 1.165) is 29.7 Å². The second-order valence-electron chi connectivity index (χ2n) is 9.36. The number of fused-ring (bicyclic) bond motifs is 1. The molecule has 0 aromatic heterocycles. The predicted octanol–water partition coefficient (Wildman–Crippen LogP) is 5.30. The number of hydrogen-bond donors (Lipinski definition) is 1. The number of amides is 1. The number of carbonyl (C=O) groups excluding carboxylic acids is 2. The number of hydrogen-bond acceptors (Lipinski definition) is 6. The second kappa shape index (κ2) is 11.4. The molecule has 2 heterocycles. The Balaban J connectivity index is 1.52. The summed E-state index contributed by atoms with van der Waals surface area (Å²) in [6.45, 7) is 3.89. The first kappa shape index (κ1) is 25.4. The lowest BCUT2D eigenvalue weighted by Gasteiger charge is -2.26. The number of benzene rings is 3. The minimum absolute atomic E-state index is 0.0550. The van der Waals surface area contributed by atoms with Crippen LogP contribution in [0.1, 0.15) is 42.5 Å². The van der Waals surface area contributed by atoms with E-state index in [4.69, 9.17) is 14.2 Å². The third-order valence-corrected chi connectivity index (χ3v) is 6.80. The fourth-order valence-electron chi connectivity index (χ4n) is 4.78. The van der Waals surface area contributed by atoms with Crippen LogP contribution in [-0.2, 0) is 16.0 Å². The fourth-order valence-corrected chi connectivity index (χ4v) is 4.78. The van der Waals surface area contributed by atoms with Crippen molar-refractivity contribution in [2.24, 2.45) is 0 Å². The number of rotatable bonds is 9. The summed E-state index contributed by atoms with van der Waals surface area (Å²) >= 11 is 0. The number of unbranched alkanes of at least 4 members (excludes halogenated alkanes) is 1. The number of aliphatic hydroxyl groups excluding tert-OH is 1. The second-order valence-corrected chi connectivity index (χ2v) is 9.36. The van der Waals surface area contributed by atoms with Crippen molar-refractivity contribution in [1.82, 2.24) is 4.90 Å². The molecule has 1 saturated heterocycles. The molecule has 5 rings (SSSR count). The largest absolute Gasteiger partial charge is 0.507 e. The van der Waals surface area contributed by atoms with Crippen molar-refractivity contribution in [2.75, 3.05) is 26.4 Å². The quantitative estimate of drug-likeness (QED) is 0.181. The number of ether oxygens (including phenoxy) is 3. The highest BCUT2D eigenvalue weighted by Crippen LogP contribution is 2.41. The van der Waals surface area contributed by atoms with Gasteiger partial charge in [0, 0.05) is 12.1 Å². The van der Waals surface area contributed by atoms with Crippen LogP contribution in [0.4, 0.5) is 0 Å². The van der Waals surface area contributed by atoms with E-state index < -0.39 is 17.7 Å². The van der Waals surface area contributed by atoms with Gasteiger partial charge in [0.2, 0.25) is 0 Å². The SMILES string of the molecule is CCCCOc1ccc([C@H]2/C(=C(\O)c3ccc4c(c3)OCCO4)C(=O)C(=O)N2CCc2ccccc2)cc1. The first-order valence-electron chi connectivity index (χ1n) is 13.0. The van der Waals surface area contributed by atoms with Gasteiger partial charge in [-0.05, 0) is 54.3 Å². The van der Waals surface area contributed by atoms with E-state index in [1.54, 1.807) is 23.1 Å². The maximum atomic E-state index is 13.4. The van der Waals surface area contributed by atoms with Crippen LogP contribution in [-0.4, -0.2) is 48.1 Å². The van der Waals surface area contributed by atoms with E-state index in [0.29, 0.717) is 49.8 Å². The summed E-state index contributed by atoms with van der Waals surface area (Å²) in [6.07, 6.45) is 2.57. The normalized spacial score (nSPS) is 18.0. The smallest absolute Gasteiger partial charge is 0.295 e. The van der Waals surface area contributed by atoms with Gasteiger partial charge in [-0.2, -0.15) is 0 Å². The molecule has 0 unspecified atom stereocenters. The van der Waals surface area contributed by atoms with Crippen molar-refractivity contribution in [3.8, 4) is 17.2 Å². The van der Waals surface area contributed by atoms with Gasteiger partial charge in [-0.25, -0.2) is 0 Å². The molecule has 1 atom stereocenters. The molecular formula is C31H31NO6. The van der Waals surface area contributed by atoms with Crippen molar-refractivity contribution >= 4 is 17.4 Å². The lowest BCUT2D eigenvalue weighted by molar-refractivity contribution is -0.139. The Morgan fingerprint density at radius 1 is 0.974 bits per heavy atom. The summed E-state index contributed by atoms with van der Waals surface area (Å²) in [6, 6.07) is 21.5. The Morgan fingerprint density at radius 3 is 2.45 bits per heavy atom. The highest BCUT2D eigenvalue weighted by molar-refractivity contribution is 6.46. The third kappa shape index (κ3) is 5.23. The van der Waals surface area contributed by atoms with Gasteiger partial charge < -0.3 is 24.2 Å². The third-order valence-electron chi connectivity index (χ3n) is 6.80. The van der Waals surface area contributed by atoms with Crippen LogP contribution in [0.5, 0.6) is 17.2 Å². The van der Waals surface area contributed by atoms with E-state index >= 15 is 0 Å². The Hall–Kier alpha value is -4.26. The Morgan fingerprint density at radius 2 is 1.71 bits per heavy atom. The first-order valence-corrected chi connectivity index (χ1v) is 13.0. The summed E-state index contributed by atoms with van der Waals surface area (Å²) in [5.41, 5.74) is 2.22. The van der Waals surface area contributed by atoms with E-state index in [1.165, 1.54) is 0 Å². The molecule has 3 aromatic rings. The molecule has 0 radical (unpaired) electrons. The van der Waals surface area contributed by atoms with Gasteiger partial charge >= 0.3 is 0 Å². The standard InChI is InChI=1S/C31H31NO6/c1-2-3-17-36-24-12-9-22(10-13-24)28-27(29(33)23-11-14-25-26(20-23)38-19-18-37-25)30(34)31(35)32(28)16-15-21-7-5-4-6-8-21/h4-14,20,28,33H,2-3,15-19H2,1H3/b29-27+/t28-/m0/s1. The average molecular weight is 514 g/mol. The van der Waals surface area contributed by atoms with Crippen molar-refractivity contribution in [3.05, 3.63) is 95.1 Å². The maximum Gasteiger partial charge on any atom is 0.295 e. The molecule has 0 saturated carbocycles. The Kier molecular flexibility index (Phi) is 7.63. The van der Waals surface area contributed by atoms with Gasteiger partial charge in [0.05, 0.1) is 18.2 Å². The van der Waals surface area contributed by atoms with E-state index in [-0.39, 0.29) is 11.3 Å². The topological polar surface area (TPSA) is 85.3 Å². The molecule has 3 aromatic carbocycles. The molecule has 2 aliphatic heterocycles. The van der Waals surface area contributed by atoms with E-state index in [2.05, 4.69) is 6.92 Å². The zero-order valence-electron chi connectivity index (χ0n) is 21.4. The summed E-state index contributed by atoms with van der Waals surface area (Å²) in [7, 11) is 0. The van der Waals surface area contributed by atoms with Crippen LogP contribution in [0.15, 0.2) is 78.4 Å². The maximum absolute atomic E-state index is 13.4. The Bertz CT molecular complexity index is 1330. The summed E-state index contributed by atoms with van der Waals surface area (Å²) in [4.78, 5) is 28.2. The highest BCUT2D eigenvalue weighted by Gasteiger charge is 2.46. The van der Waals surface area contributed by atoms with Gasteiger partial charge in [-0.15, -0.1) is 0 Å². The molecule has 196 valence electrons. The minimum atomic E-state index is -0.739. The molecule has 1 N–H and O–H groups in total. The fraction of sp³-hybridized carbons (Fsp3) is 0.290. The lowest BCUT2D eigenvalue weighted by Crippen LogP contribution is -2.31. The molecule has 7 nitrogen and oxygen atoms in total. The van der Waals surface area contributed by atoms with Gasteiger partial charge in [-0.1, -0.05) is 55.8 Å². The highest BCUT2D eigenvalue weighted by atomic mass is 16.6. The summed E-state index contributed by atoms with van der Waals surface area (Å²) < 4.78 is 17.0. The molecule has 0 spiro atoms. The van der Waals surface area contributed by atoms with Crippen LogP contribution in [0.3, 0.4) is 0 Å². The summed E-state index contributed by atoms with van der Waals surface area (Å²) in [5, 5.41) is 11.4. The van der Waals surface area contributed by atoms with Gasteiger partial charge in [0.25, 0.3) is 11.7 Å². The van der Waals surface area contributed by atoms with Gasteiger partial charge in [0.1, 0.15) is 24.7 Å². The number of Topliss-reactive ketones (excluding diaryl/α,β-unsaturated/α-hetero) is 1.